The minimum absolute atomic E-state index is 0.0744. The van der Waals surface area contributed by atoms with Gasteiger partial charge in [0.1, 0.15) is 5.75 Å². The third-order valence-electron chi connectivity index (χ3n) is 3.79. The van der Waals surface area contributed by atoms with Crippen LogP contribution in [0.4, 0.5) is 5.95 Å². The Bertz CT molecular complexity index is 865. The highest BCUT2D eigenvalue weighted by Crippen LogP contribution is 2.24. The van der Waals surface area contributed by atoms with Crippen molar-refractivity contribution in [2.24, 2.45) is 0 Å². The molecule has 134 valence electrons. The van der Waals surface area contributed by atoms with Gasteiger partial charge in [-0.25, -0.2) is 0 Å². The summed E-state index contributed by atoms with van der Waals surface area (Å²) >= 11 is 0. The molecule has 1 amide bonds. The molecule has 3 rings (SSSR count). The molecular weight excluding hydrogens is 330 g/mol. The SMILES string of the molecule is CC(C)(C)c1ccc(OCC(=O)Nc2noc(-c3ccccc3)n2)cc1. The number of nitrogens with one attached hydrogen (secondary N) is 1. The minimum Gasteiger partial charge on any atom is -0.484 e. The van der Waals surface area contributed by atoms with Crippen molar-refractivity contribution in [3.8, 4) is 17.2 Å². The third-order valence-corrected chi connectivity index (χ3v) is 3.79. The summed E-state index contributed by atoms with van der Waals surface area (Å²) in [5.74, 6) is 0.733. The standard InChI is InChI=1S/C20H21N3O3/c1-20(2,3)15-9-11-16(12-10-15)25-13-17(24)21-19-22-18(26-23-19)14-7-5-4-6-8-14/h4-12H,13H2,1-3H3,(H,21,23,24). The first-order chi connectivity index (χ1) is 12.4. The fourth-order valence-electron chi connectivity index (χ4n) is 2.33. The molecule has 3 aromatic rings. The summed E-state index contributed by atoms with van der Waals surface area (Å²) in [6.45, 7) is 6.30. The van der Waals surface area contributed by atoms with E-state index in [-0.39, 0.29) is 23.9 Å². The minimum atomic E-state index is -0.356. The quantitative estimate of drug-likeness (QED) is 0.750. The number of carbonyl (C=O) groups excluding carboxylic acids is 1. The second-order valence-electron chi connectivity index (χ2n) is 6.90. The molecule has 26 heavy (non-hydrogen) atoms. The zero-order valence-electron chi connectivity index (χ0n) is 15.0. The van der Waals surface area contributed by atoms with Crippen LogP contribution in [0, 0.1) is 0 Å². The Labute approximate surface area is 152 Å². The normalized spacial score (nSPS) is 11.2. The van der Waals surface area contributed by atoms with Crippen LogP contribution >= 0.6 is 0 Å². The monoisotopic (exact) mass is 351 g/mol. The Morgan fingerprint density at radius 3 is 2.42 bits per heavy atom. The van der Waals surface area contributed by atoms with Gasteiger partial charge in [-0.3, -0.25) is 10.1 Å². The van der Waals surface area contributed by atoms with Crippen LogP contribution < -0.4 is 10.1 Å². The molecule has 0 atom stereocenters. The van der Waals surface area contributed by atoms with Crippen LogP contribution in [0.25, 0.3) is 11.5 Å². The van der Waals surface area contributed by atoms with E-state index in [1.807, 2.05) is 54.6 Å². The summed E-state index contributed by atoms with van der Waals surface area (Å²) in [5.41, 5.74) is 2.07. The second kappa shape index (κ2) is 7.39. The van der Waals surface area contributed by atoms with Gasteiger partial charge in [-0.1, -0.05) is 51.1 Å². The zero-order chi connectivity index (χ0) is 18.6. The summed E-state index contributed by atoms with van der Waals surface area (Å²) in [4.78, 5) is 16.1. The van der Waals surface area contributed by atoms with Crippen molar-refractivity contribution in [3.05, 3.63) is 60.2 Å². The number of anilines is 1. The summed E-state index contributed by atoms with van der Waals surface area (Å²) < 4.78 is 10.6. The highest BCUT2D eigenvalue weighted by Gasteiger charge is 2.14. The average molecular weight is 351 g/mol. The smallest absolute Gasteiger partial charge is 0.270 e. The predicted octanol–water partition coefficient (Wildman–Crippen LogP) is 4.05. The second-order valence-corrected chi connectivity index (χ2v) is 6.90. The Kier molecular flexibility index (Phi) is 5.02. The van der Waals surface area contributed by atoms with Gasteiger partial charge in [-0.15, -0.1) is 0 Å². The van der Waals surface area contributed by atoms with E-state index in [4.69, 9.17) is 9.26 Å². The van der Waals surface area contributed by atoms with Crippen LogP contribution in [0.1, 0.15) is 26.3 Å². The van der Waals surface area contributed by atoms with E-state index in [1.54, 1.807) is 0 Å². The number of aromatic nitrogens is 2. The molecular formula is C20H21N3O3. The van der Waals surface area contributed by atoms with Gasteiger partial charge in [0, 0.05) is 5.56 Å². The molecule has 1 aromatic heterocycles. The molecule has 1 heterocycles. The Balaban J connectivity index is 1.54. The number of carbonyl (C=O) groups is 1. The summed E-state index contributed by atoms with van der Waals surface area (Å²) in [6.07, 6.45) is 0. The molecule has 6 heteroatoms. The van der Waals surface area contributed by atoms with Gasteiger partial charge >= 0.3 is 0 Å². The fourth-order valence-corrected chi connectivity index (χ4v) is 2.33. The lowest BCUT2D eigenvalue weighted by Gasteiger charge is -2.19. The molecule has 2 aromatic carbocycles. The van der Waals surface area contributed by atoms with E-state index in [2.05, 4.69) is 36.2 Å². The molecule has 6 nitrogen and oxygen atoms in total. The van der Waals surface area contributed by atoms with Crippen molar-refractivity contribution in [2.45, 2.75) is 26.2 Å². The molecule has 0 spiro atoms. The maximum atomic E-state index is 12.0. The van der Waals surface area contributed by atoms with E-state index in [9.17, 15) is 4.79 Å². The lowest BCUT2D eigenvalue weighted by Crippen LogP contribution is -2.21. The van der Waals surface area contributed by atoms with Crippen molar-refractivity contribution < 1.29 is 14.1 Å². The topological polar surface area (TPSA) is 77.2 Å². The van der Waals surface area contributed by atoms with Gasteiger partial charge in [0.15, 0.2) is 6.61 Å². The van der Waals surface area contributed by atoms with E-state index in [0.29, 0.717) is 11.6 Å². The van der Waals surface area contributed by atoms with Gasteiger partial charge in [0.05, 0.1) is 0 Å². The fraction of sp³-hybridized carbons (Fsp3) is 0.250. The van der Waals surface area contributed by atoms with Gasteiger partial charge in [0.2, 0.25) is 0 Å². The molecule has 0 bridgehead atoms. The first-order valence-corrected chi connectivity index (χ1v) is 8.34. The number of benzene rings is 2. The van der Waals surface area contributed by atoms with E-state index >= 15 is 0 Å². The molecule has 0 saturated carbocycles. The molecule has 0 fully saturated rings. The maximum absolute atomic E-state index is 12.0. The molecule has 0 saturated heterocycles. The highest BCUT2D eigenvalue weighted by atomic mass is 16.5. The summed E-state index contributed by atoms with van der Waals surface area (Å²) in [5, 5.41) is 6.31. The van der Waals surface area contributed by atoms with Gasteiger partial charge in [0.25, 0.3) is 17.7 Å². The maximum Gasteiger partial charge on any atom is 0.270 e. The molecule has 0 aliphatic heterocycles. The van der Waals surface area contributed by atoms with Gasteiger partial charge in [-0.2, -0.15) is 4.98 Å². The lowest BCUT2D eigenvalue weighted by molar-refractivity contribution is -0.118. The Morgan fingerprint density at radius 2 is 1.77 bits per heavy atom. The van der Waals surface area contributed by atoms with Crippen LogP contribution in [-0.2, 0) is 10.2 Å². The third kappa shape index (κ3) is 4.47. The van der Waals surface area contributed by atoms with Crippen molar-refractivity contribution in [1.82, 2.24) is 10.1 Å². The molecule has 0 radical (unpaired) electrons. The predicted molar refractivity (Wildman–Crippen MR) is 99.0 cm³/mol. The number of hydrogen-bond donors (Lipinski definition) is 1. The van der Waals surface area contributed by atoms with Crippen molar-refractivity contribution in [1.29, 1.82) is 0 Å². The number of hydrogen-bond acceptors (Lipinski definition) is 5. The van der Waals surface area contributed by atoms with E-state index < -0.39 is 0 Å². The van der Waals surface area contributed by atoms with Crippen LogP contribution in [0.5, 0.6) is 5.75 Å². The van der Waals surface area contributed by atoms with Crippen molar-refractivity contribution in [3.63, 3.8) is 0 Å². The van der Waals surface area contributed by atoms with Crippen LogP contribution in [-0.4, -0.2) is 22.7 Å². The van der Waals surface area contributed by atoms with E-state index in [1.165, 1.54) is 5.56 Å². The van der Waals surface area contributed by atoms with Crippen molar-refractivity contribution >= 4 is 11.9 Å². The van der Waals surface area contributed by atoms with Crippen molar-refractivity contribution in [2.75, 3.05) is 11.9 Å². The van der Waals surface area contributed by atoms with Crippen LogP contribution in [0.2, 0.25) is 0 Å². The molecule has 0 aliphatic carbocycles. The number of rotatable bonds is 5. The summed E-state index contributed by atoms with van der Waals surface area (Å²) in [7, 11) is 0. The van der Waals surface area contributed by atoms with Gasteiger partial charge < -0.3 is 9.26 Å². The number of amides is 1. The number of ether oxygens (including phenoxy) is 1. The largest absolute Gasteiger partial charge is 0.484 e. The zero-order valence-corrected chi connectivity index (χ0v) is 15.0. The Hall–Kier alpha value is -3.15. The molecule has 1 N–H and O–H groups in total. The molecule has 0 unspecified atom stereocenters. The highest BCUT2D eigenvalue weighted by molar-refractivity contribution is 5.90. The van der Waals surface area contributed by atoms with Crippen LogP contribution in [0.15, 0.2) is 59.1 Å². The summed E-state index contributed by atoms with van der Waals surface area (Å²) in [6, 6.07) is 17.1. The first kappa shape index (κ1) is 17.7. The van der Waals surface area contributed by atoms with E-state index in [0.717, 1.165) is 5.56 Å². The first-order valence-electron chi connectivity index (χ1n) is 8.34. The lowest BCUT2D eigenvalue weighted by atomic mass is 9.87. The molecule has 0 aliphatic rings. The Morgan fingerprint density at radius 1 is 1.08 bits per heavy atom. The number of nitrogens with zero attached hydrogens (tertiary/aromatic N) is 2. The van der Waals surface area contributed by atoms with Gasteiger partial charge in [-0.05, 0) is 40.4 Å². The van der Waals surface area contributed by atoms with Crippen LogP contribution in [0.3, 0.4) is 0 Å². The average Bonchev–Trinajstić information content (AvgIpc) is 3.09.